The summed E-state index contributed by atoms with van der Waals surface area (Å²) in [5, 5.41) is 3.11. The minimum atomic E-state index is 0.0861. The van der Waals surface area contributed by atoms with E-state index in [-0.39, 0.29) is 11.9 Å². The molecule has 1 fully saturated rings. The molecule has 2 heteroatoms. The lowest BCUT2D eigenvalue weighted by Crippen LogP contribution is -2.30. The van der Waals surface area contributed by atoms with Gasteiger partial charge in [-0.2, -0.15) is 0 Å². The maximum atomic E-state index is 11.2. The number of rotatable bonds is 1. The van der Waals surface area contributed by atoms with Gasteiger partial charge in [-0.25, -0.2) is 0 Å². The van der Waals surface area contributed by atoms with E-state index in [2.05, 4.69) is 29.6 Å². The summed E-state index contributed by atoms with van der Waals surface area (Å²) < 4.78 is 0. The van der Waals surface area contributed by atoms with Crippen LogP contribution in [0.1, 0.15) is 36.9 Å². The molecule has 0 aliphatic heterocycles. The Bertz CT molecular complexity index is 420. The van der Waals surface area contributed by atoms with E-state index in [0.29, 0.717) is 5.41 Å². The van der Waals surface area contributed by atoms with E-state index in [0.717, 1.165) is 6.42 Å². The zero-order valence-corrected chi connectivity index (χ0v) is 8.92. The third-order valence-corrected chi connectivity index (χ3v) is 3.76. The summed E-state index contributed by atoms with van der Waals surface area (Å²) in [6.07, 6.45) is 3.66. The molecule has 1 aromatic carbocycles. The molecular formula is C13H15NO. The molecule has 78 valence electrons. The Balaban J connectivity index is 2.00. The third-order valence-electron chi connectivity index (χ3n) is 3.76. The summed E-state index contributed by atoms with van der Waals surface area (Å²) in [5.41, 5.74) is 3.13. The summed E-state index contributed by atoms with van der Waals surface area (Å²) in [6.45, 7) is 1.61. The minimum Gasteiger partial charge on any atom is -0.349 e. The van der Waals surface area contributed by atoms with Crippen molar-refractivity contribution < 1.29 is 4.79 Å². The van der Waals surface area contributed by atoms with Crippen molar-refractivity contribution in [1.82, 2.24) is 5.32 Å². The number of benzene rings is 1. The van der Waals surface area contributed by atoms with E-state index in [9.17, 15) is 4.79 Å². The molecule has 2 aliphatic carbocycles. The average molecular weight is 201 g/mol. The van der Waals surface area contributed by atoms with E-state index in [1.807, 2.05) is 0 Å². The topological polar surface area (TPSA) is 29.1 Å². The van der Waals surface area contributed by atoms with Crippen LogP contribution in [0.3, 0.4) is 0 Å². The quantitative estimate of drug-likeness (QED) is 0.741. The van der Waals surface area contributed by atoms with Crippen LogP contribution in [-0.2, 0) is 11.2 Å². The van der Waals surface area contributed by atoms with Crippen LogP contribution >= 0.6 is 0 Å². The van der Waals surface area contributed by atoms with Gasteiger partial charge in [0.05, 0.1) is 6.04 Å². The van der Waals surface area contributed by atoms with Crippen molar-refractivity contribution in [2.45, 2.75) is 32.2 Å². The highest BCUT2D eigenvalue weighted by Crippen LogP contribution is 2.61. The molecule has 1 aromatic rings. The Morgan fingerprint density at radius 3 is 2.80 bits per heavy atom. The standard InChI is InChI=1S/C13H15NO/c1-9(15)14-12-11-5-3-2-4-10(11)8-13(12)6-7-13/h2-5,12H,6-8H2,1H3,(H,14,15)/t12-/m1/s1. The fourth-order valence-corrected chi connectivity index (χ4v) is 2.85. The van der Waals surface area contributed by atoms with Crippen LogP contribution in [0.4, 0.5) is 0 Å². The Morgan fingerprint density at radius 1 is 1.40 bits per heavy atom. The van der Waals surface area contributed by atoms with Crippen LogP contribution < -0.4 is 5.32 Å². The number of nitrogens with one attached hydrogen (secondary N) is 1. The van der Waals surface area contributed by atoms with Crippen LogP contribution in [0.2, 0.25) is 0 Å². The Kier molecular flexibility index (Phi) is 1.70. The van der Waals surface area contributed by atoms with Crippen molar-refractivity contribution in [3.63, 3.8) is 0 Å². The van der Waals surface area contributed by atoms with Crippen molar-refractivity contribution in [1.29, 1.82) is 0 Å². The average Bonchev–Trinajstić information content (AvgIpc) is 2.89. The predicted molar refractivity (Wildman–Crippen MR) is 58.4 cm³/mol. The Labute approximate surface area is 89.7 Å². The van der Waals surface area contributed by atoms with Gasteiger partial charge in [-0.05, 0) is 35.8 Å². The van der Waals surface area contributed by atoms with Crippen LogP contribution in [0.15, 0.2) is 24.3 Å². The van der Waals surface area contributed by atoms with Gasteiger partial charge in [0.15, 0.2) is 0 Å². The minimum absolute atomic E-state index is 0.0861. The van der Waals surface area contributed by atoms with E-state index >= 15 is 0 Å². The first-order valence-electron chi connectivity index (χ1n) is 5.56. The van der Waals surface area contributed by atoms with Crippen LogP contribution in [-0.4, -0.2) is 5.91 Å². The summed E-state index contributed by atoms with van der Waals surface area (Å²) >= 11 is 0. The zero-order chi connectivity index (χ0) is 10.5. The molecular weight excluding hydrogens is 186 g/mol. The molecule has 3 rings (SSSR count). The number of carbonyl (C=O) groups is 1. The fourth-order valence-electron chi connectivity index (χ4n) is 2.85. The molecule has 0 radical (unpaired) electrons. The Hall–Kier alpha value is -1.31. The van der Waals surface area contributed by atoms with Gasteiger partial charge < -0.3 is 5.32 Å². The number of amides is 1. The van der Waals surface area contributed by atoms with Crippen molar-refractivity contribution in [3.8, 4) is 0 Å². The molecule has 0 aromatic heterocycles. The van der Waals surface area contributed by atoms with Crippen LogP contribution in [0.5, 0.6) is 0 Å². The van der Waals surface area contributed by atoms with E-state index in [1.165, 1.54) is 24.0 Å². The summed E-state index contributed by atoms with van der Waals surface area (Å²) in [5.74, 6) is 0.0861. The van der Waals surface area contributed by atoms with Crippen molar-refractivity contribution in [2.75, 3.05) is 0 Å². The lowest BCUT2D eigenvalue weighted by molar-refractivity contribution is -0.120. The van der Waals surface area contributed by atoms with Crippen LogP contribution in [0.25, 0.3) is 0 Å². The second-order valence-corrected chi connectivity index (χ2v) is 4.87. The Morgan fingerprint density at radius 2 is 2.13 bits per heavy atom. The van der Waals surface area contributed by atoms with Gasteiger partial charge in [-0.1, -0.05) is 24.3 Å². The summed E-state index contributed by atoms with van der Waals surface area (Å²) in [4.78, 5) is 11.2. The SMILES string of the molecule is CC(=O)N[C@@H]1c2ccccc2CC12CC2. The first kappa shape index (κ1) is 8.96. The van der Waals surface area contributed by atoms with Gasteiger partial charge >= 0.3 is 0 Å². The zero-order valence-electron chi connectivity index (χ0n) is 8.92. The van der Waals surface area contributed by atoms with Gasteiger partial charge in [0.2, 0.25) is 5.91 Å². The van der Waals surface area contributed by atoms with E-state index in [1.54, 1.807) is 6.92 Å². The predicted octanol–water partition coefficient (Wildman–Crippen LogP) is 2.20. The molecule has 0 bridgehead atoms. The fraction of sp³-hybridized carbons (Fsp3) is 0.462. The maximum Gasteiger partial charge on any atom is 0.217 e. The van der Waals surface area contributed by atoms with Gasteiger partial charge in [0.1, 0.15) is 0 Å². The molecule has 0 unspecified atom stereocenters. The molecule has 1 spiro atoms. The molecule has 2 aliphatic rings. The van der Waals surface area contributed by atoms with Gasteiger partial charge in [-0.3, -0.25) is 4.79 Å². The van der Waals surface area contributed by atoms with E-state index in [4.69, 9.17) is 0 Å². The highest BCUT2D eigenvalue weighted by molar-refractivity contribution is 5.74. The number of fused-ring (bicyclic) bond motifs is 1. The summed E-state index contributed by atoms with van der Waals surface area (Å²) in [6, 6.07) is 8.77. The van der Waals surface area contributed by atoms with Gasteiger partial charge in [0.25, 0.3) is 0 Å². The largest absolute Gasteiger partial charge is 0.349 e. The smallest absolute Gasteiger partial charge is 0.217 e. The number of hydrogen-bond donors (Lipinski definition) is 1. The normalized spacial score (nSPS) is 25.0. The molecule has 0 heterocycles. The number of carbonyl (C=O) groups excluding carboxylic acids is 1. The molecule has 15 heavy (non-hydrogen) atoms. The molecule has 1 N–H and O–H groups in total. The van der Waals surface area contributed by atoms with Gasteiger partial charge in [0, 0.05) is 6.92 Å². The molecule has 1 atom stereocenters. The number of hydrogen-bond acceptors (Lipinski definition) is 1. The molecule has 2 nitrogen and oxygen atoms in total. The molecule has 1 saturated carbocycles. The van der Waals surface area contributed by atoms with Crippen LogP contribution in [0, 0.1) is 5.41 Å². The monoisotopic (exact) mass is 201 g/mol. The first-order valence-corrected chi connectivity index (χ1v) is 5.56. The van der Waals surface area contributed by atoms with Gasteiger partial charge in [-0.15, -0.1) is 0 Å². The lowest BCUT2D eigenvalue weighted by Gasteiger charge is -2.20. The molecule has 0 saturated heterocycles. The van der Waals surface area contributed by atoms with Crippen molar-refractivity contribution in [3.05, 3.63) is 35.4 Å². The first-order chi connectivity index (χ1) is 7.21. The highest BCUT2D eigenvalue weighted by Gasteiger charge is 2.54. The second kappa shape index (κ2) is 2.84. The summed E-state index contributed by atoms with van der Waals surface area (Å²) in [7, 11) is 0. The lowest BCUT2D eigenvalue weighted by atomic mass is 9.97. The van der Waals surface area contributed by atoms with Crippen molar-refractivity contribution in [2.24, 2.45) is 5.41 Å². The van der Waals surface area contributed by atoms with Crippen molar-refractivity contribution >= 4 is 5.91 Å². The molecule has 1 amide bonds. The maximum absolute atomic E-state index is 11.2. The highest BCUT2D eigenvalue weighted by atomic mass is 16.1. The second-order valence-electron chi connectivity index (χ2n) is 4.87. The third kappa shape index (κ3) is 1.28. The van der Waals surface area contributed by atoms with E-state index < -0.39 is 0 Å².